The molecule has 0 saturated heterocycles. The molecule has 0 aliphatic heterocycles. The predicted molar refractivity (Wildman–Crippen MR) is 72.2 cm³/mol. The van der Waals surface area contributed by atoms with E-state index < -0.39 is 0 Å². The highest BCUT2D eigenvalue weighted by molar-refractivity contribution is 7.99. The van der Waals surface area contributed by atoms with Crippen LogP contribution < -0.4 is 5.32 Å². The Labute approximate surface area is 103 Å². The molecule has 88 valence electrons. The Morgan fingerprint density at radius 1 is 1.19 bits per heavy atom. The van der Waals surface area contributed by atoms with Crippen LogP contribution in [0, 0.1) is 6.92 Å². The quantitative estimate of drug-likeness (QED) is 0.618. The van der Waals surface area contributed by atoms with Crippen molar-refractivity contribution in [1.82, 2.24) is 5.32 Å². The van der Waals surface area contributed by atoms with Gasteiger partial charge in [-0.3, -0.25) is 0 Å². The summed E-state index contributed by atoms with van der Waals surface area (Å²) >= 11 is 1.95. The first kappa shape index (κ1) is 12.0. The Bertz CT molecular complexity index is 301. The van der Waals surface area contributed by atoms with Crippen LogP contribution in [0.4, 0.5) is 0 Å². The van der Waals surface area contributed by atoms with Gasteiger partial charge >= 0.3 is 0 Å². The van der Waals surface area contributed by atoms with Gasteiger partial charge in [-0.05, 0) is 31.9 Å². The number of hydrogen-bond donors (Lipinski definition) is 1. The number of benzene rings is 1. The van der Waals surface area contributed by atoms with Crippen molar-refractivity contribution in [2.75, 3.05) is 12.3 Å². The van der Waals surface area contributed by atoms with Crippen molar-refractivity contribution in [3.8, 4) is 0 Å². The van der Waals surface area contributed by atoms with Gasteiger partial charge in [-0.1, -0.05) is 30.5 Å². The summed E-state index contributed by atoms with van der Waals surface area (Å²) in [4.78, 5) is 1.39. The predicted octanol–water partition coefficient (Wildman–Crippen LogP) is 3.62. The molecule has 1 aliphatic rings. The summed E-state index contributed by atoms with van der Waals surface area (Å²) in [5, 5.41) is 3.64. The zero-order valence-electron chi connectivity index (χ0n) is 10.0. The highest BCUT2D eigenvalue weighted by Crippen LogP contribution is 2.19. The Hall–Kier alpha value is -0.470. The van der Waals surface area contributed by atoms with Gasteiger partial charge in [0, 0.05) is 23.2 Å². The molecule has 0 heterocycles. The molecule has 0 atom stereocenters. The molecule has 1 nitrogen and oxygen atoms in total. The van der Waals surface area contributed by atoms with Crippen molar-refractivity contribution < 1.29 is 0 Å². The van der Waals surface area contributed by atoms with Crippen molar-refractivity contribution in [2.45, 2.75) is 43.5 Å². The molecule has 1 fully saturated rings. The van der Waals surface area contributed by atoms with Gasteiger partial charge in [0.25, 0.3) is 0 Å². The van der Waals surface area contributed by atoms with Crippen LogP contribution >= 0.6 is 11.8 Å². The Balaban J connectivity index is 1.62. The molecule has 0 unspecified atom stereocenters. The first-order valence-electron chi connectivity index (χ1n) is 6.27. The molecular formula is C14H21NS. The van der Waals surface area contributed by atoms with Gasteiger partial charge in [0.2, 0.25) is 0 Å². The van der Waals surface area contributed by atoms with Crippen LogP contribution in [0.1, 0.15) is 31.2 Å². The summed E-state index contributed by atoms with van der Waals surface area (Å²) in [5.41, 5.74) is 1.34. The van der Waals surface area contributed by atoms with Crippen molar-refractivity contribution in [1.29, 1.82) is 0 Å². The third-order valence-electron chi connectivity index (χ3n) is 3.18. The summed E-state index contributed by atoms with van der Waals surface area (Å²) in [5.74, 6) is 1.18. The minimum Gasteiger partial charge on any atom is -0.313 e. The third-order valence-corrected chi connectivity index (χ3v) is 4.19. The summed E-state index contributed by atoms with van der Waals surface area (Å²) in [6.45, 7) is 3.28. The molecule has 16 heavy (non-hydrogen) atoms. The van der Waals surface area contributed by atoms with Gasteiger partial charge in [0.15, 0.2) is 0 Å². The zero-order chi connectivity index (χ0) is 11.2. The summed E-state index contributed by atoms with van der Waals surface area (Å²) in [6.07, 6.45) is 5.61. The lowest BCUT2D eigenvalue weighted by molar-refractivity contribution is 0.545. The van der Waals surface area contributed by atoms with Crippen LogP contribution in [0.15, 0.2) is 29.2 Å². The number of nitrogens with one attached hydrogen (secondary N) is 1. The summed E-state index contributed by atoms with van der Waals surface area (Å²) < 4.78 is 0. The topological polar surface area (TPSA) is 12.0 Å². The average molecular weight is 235 g/mol. The smallest absolute Gasteiger partial charge is 0.0106 e. The van der Waals surface area contributed by atoms with E-state index in [2.05, 4.69) is 36.5 Å². The molecule has 0 aromatic heterocycles. The second-order valence-electron chi connectivity index (χ2n) is 4.60. The van der Waals surface area contributed by atoms with E-state index in [0.29, 0.717) is 0 Å². The first-order chi connectivity index (χ1) is 7.84. The largest absolute Gasteiger partial charge is 0.313 e. The molecule has 1 aromatic rings. The van der Waals surface area contributed by atoms with E-state index in [4.69, 9.17) is 0 Å². The second-order valence-corrected chi connectivity index (χ2v) is 5.77. The number of rotatable bonds is 5. The minimum atomic E-state index is 0.804. The van der Waals surface area contributed by atoms with E-state index in [0.717, 1.165) is 12.6 Å². The van der Waals surface area contributed by atoms with Crippen molar-refractivity contribution >= 4 is 11.8 Å². The molecule has 1 saturated carbocycles. The van der Waals surface area contributed by atoms with E-state index in [1.165, 1.54) is 41.9 Å². The average Bonchev–Trinajstić information content (AvgIpc) is 2.80. The molecule has 0 amide bonds. The monoisotopic (exact) mass is 235 g/mol. The van der Waals surface area contributed by atoms with Gasteiger partial charge < -0.3 is 5.32 Å². The molecule has 2 rings (SSSR count). The van der Waals surface area contributed by atoms with Crippen LogP contribution in [0.2, 0.25) is 0 Å². The molecule has 0 spiro atoms. The maximum atomic E-state index is 3.64. The molecule has 2 heteroatoms. The first-order valence-corrected chi connectivity index (χ1v) is 7.26. The van der Waals surface area contributed by atoms with E-state index in [9.17, 15) is 0 Å². The zero-order valence-corrected chi connectivity index (χ0v) is 10.9. The fourth-order valence-electron chi connectivity index (χ4n) is 2.20. The lowest BCUT2D eigenvalue weighted by Crippen LogP contribution is -2.27. The molecule has 1 aliphatic carbocycles. The lowest BCUT2D eigenvalue weighted by Gasteiger charge is -2.11. The summed E-state index contributed by atoms with van der Waals surface area (Å²) in [6, 6.07) is 9.61. The SMILES string of the molecule is Cc1ccc(SCCNC2CCCC2)cc1. The van der Waals surface area contributed by atoms with Crippen molar-refractivity contribution in [2.24, 2.45) is 0 Å². The Morgan fingerprint density at radius 3 is 2.56 bits per heavy atom. The van der Waals surface area contributed by atoms with Gasteiger partial charge in [-0.25, -0.2) is 0 Å². The standard InChI is InChI=1S/C14H21NS/c1-12-6-8-14(9-7-12)16-11-10-15-13-4-2-3-5-13/h6-9,13,15H,2-5,10-11H2,1H3. The maximum Gasteiger partial charge on any atom is 0.0106 e. The van der Waals surface area contributed by atoms with Crippen LogP contribution in [-0.2, 0) is 0 Å². The van der Waals surface area contributed by atoms with Crippen molar-refractivity contribution in [3.63, 3.8) is 0 Å². The number of thioether (sulfide) groups is 1. The molecule has 0 bridgehead atoms. The fraction of sp³-hybridized carbons (Fsp3) is 0.571. The molecule has 0 radical (unpaired) electrons. The molecule has 1 aromatic carbocycles. The second kappa shape index (κ2) is 6.31. The Kier molecular flexibility index (Phi) is 4.73. The van der Waals surface area contributed by atoms with Gasteiger partial charge in [0.05, 0.1) is 0 Å². The van der Waals surface area contributed by atoms with Crippen LogP contribution in [-0.4, -0.2) is 18.3 Å². The fourth-order valence-corrected chi connectivity index (χ4v) is 2.98. The maximum absolute atomic E-state index is 3.64. The van der Waals surface area contributed by atoms with Crippen molar-refractivity contribution in [3.05, 3.63) is 29.8 Å². The van der Waals surface area contributed by atoms with Gasteiger partial charge in [-0.15, -0.1) is 11.8 Å². The summed E-state index contributed by atoms with van der Waals surface area (Å²) in [7, 11) is 0. The lowest BCUT2D eigenvalue weighted by atomic mass is 10.2. The minimum absolute atomic E-state index is 0.804. The Morgan fingerprint density at radius 2 is 1.88 bits per heavy atom. The number of hydrogen-bond acceptors (Lipinski definition) is 2. The van der Waals surface area contributed by atoms with Gasteiger partial charge in [-0.2, -0.15) is 0 Å². The highest BCUT2D eigenvalue weighted by Gasteiger charge is 2.13. The van der Waals surface area contributed by atoms with Gasteiger partial charge in [0.1, 0.15) is 0 Å². The molecule has 1 N–H and O–H groups in total. The normalized spacial score (nSPS) is 16.8. The molecular weight excluding hydrogens is 214 g/mol. The highest BCUT2D eigenvalue weighted by atomic mass is 32.2. The van der Waals surface area contributed by atoms with E-state index in [-0.39, 0.29) is 0 Å². The van der Waals surface area contributed by atoms with Crippen LogP contribution in [0.25, 0.3) is 0 Å². The third kappa shape index (κ3) is 3.84. The van der Waals surface area contributed by atoms with Crippen LogP contribution in [0.5, 0.6) is 0 Å². The van der Waals surface area contributed by atoms with E-state index in [1.807, 2.05) is 11.8 Å². The van der Waals surface area contributed by atoms with E-state index >= 15 is 0 Å². The van der Waals surface area contributed by atoms with E-state index in [1.54, 1.807) is 0 Å². The van der Waals surface area contributed by atoms with Crippen LogP contribution in [0.3, 0.4) is 0 Å². The number of aryl methyl sites for hydroxylation is 1.